The summed E-state index contributed by atoms with van der Waals surface area (Å²) in [6.45, 7) is 8.48. The quantitative estimate of drug-likeness (QED) is 0.0629. The Morgan fingerprint density at radius 1 is 0.282 bits per heavy atom. The lowest BCUT2D eigenvalue weighted by atomic mass is 9.71. The SMILES string of the molecule is CC(C)(c1ccc(O)cc1)c1ccc(O)cc1.CC(c1ccc(O)cc1)c1ccc(O)cc1.CC(c1ccccc1)(c1ccc(O)cc1)c1ccc(O)cc1.Oc1ccc(CCc2ccc(O)cc2)cc1. The minimum Gasteiger partial charge on any atom is -0.508 e. The van der Waals surface area contributed by atoms with E-state index in [0.717, 1.165) is 51.8 Å². The van der Waals surface area contributed by atoms with Gasteiger partial charge in [0, 0.05) is 16.7 Å². The third-order valence-electron chi connectivity index (χ3n) is 12.8. The zero-order valence-electron chi connectivity index (χ0n) is 40.4. The van der Waals surface area contributed by atoms with Crippen LogP contribution in [0.3, 0.4) is 0 Å². The van der Waals surface area contributed by atoms with Gasteiger partial charge in [0.15, 0.2) is 0 Å². The van der Waals surface area contributed by atoms with Crippen LogP contribution in [0.5, 0.6) is 46.0 Å². The molecule has 8 heteroatoms. The molecule has 0 aromatic heterocycles. The molecule has 8 nitrogen and oxygen atoms in total. The van der Waals surface area contributed by atoms with Crippen molar-refractivity contribution in [1.82, 2.24) is 0 Å². The third kappa shape index (κ3) is 14.5. The summed E-state index contributed by atoms with van der Waals surface area (Å²) < 4.78 is 0. The van der Waals surface area contributed by atoms with Crippen LogP contribution >= 0.6 is 0 Å². The molecule has 0 aliphatic heterocycles. The van der Waals surface area contributed by atoms with Crippen LogP contribution in [0.4, 0.5) is 0 Å². The molecule has 8 N–H and O–H groups in total. The largest absolute Gasteiger partial charge is 0.508 e. The van der Waals surface area contributed by atoms with Crippen molar-refractivity contribution < 1.29 is 40.9 Å². The minimum absolute atomic E-state index is 0.151. The van der Waals surface area contributed by atoms with Crippen LogP contribution in [0, 0.1) is 0 Å². The molecule has 0 fully saturated rings. The molecule has 9 aromatic rings. The molecule has 0 aliphatic carbocycles. The molecule has 0 heterocycles. The molecule has 9 rings (SSSR count). The molecule has 362 valence electrons. The molecule has 0 saturated carbocycles. The van der Waals surface area contributed by atoms with Gasteiger partial charge in [0.25, 0.3) is 0 Å². The maximum Gasteiger partial charge on any atom is 0.115 e. The van der Waals surface area contributed by atoms with Gasteiger partial charge in [-0.1, -0.05) is 148 Å². The lowest BCUT2D eigenvalue weighted by Crippen LogP contribution is -2.25. The zero-order chi connectivity index (χ0) is 51.0. The topological polar surface area (TPSA) is 162 Å². The van der Waals surface area contributed by atoms with Crippen molar-refractivity contribution in [3.63, 3.8) is 0 Å². The summed E-state index contributed by atoms with van der Waals surface area (Å²) in [7, 11) is 0. The molecular weight excluding hydrogens is 885 g/mol. The van der Waals surface area contributed by atoms with Gasteiger partial charge in [-0.05, 0) is 167 Å². The summed E-state index contributed by atoms with van der Waals surface area (Å²) in [5.74, 6) is 2.46. The second-order valence-electron chi connectivity index (χ2n) is 18.0. The van der Waals surface area contributed by atoms with Crippen molar-refractivity contribution >= 4 is 0 Å². The molecule has 0 spiro atoms. The van der Waals surface area contributed by atoms with Gasteiger partial charge in [0.05, 0.1) is 0 Å². The van der Waals surface area contributed by atoms with E-state index in [1.54, 1.807) is 97.1 Å². The summed E-state index contributed by atoms with van der Waals surface area (Å²) in [5, 5.41) is 74.4. The standard InChI is InChI=1S/C20H18O2.C15H16O2.2C14H14O2/c1-20(15-5-3-2-4-6-15,16-7-11-18(21)12-8-16)17-9-13-19(22)14-10-17;1-15(2,11-3-7-13(16)8-4-11)12-5-9-14(17)10-6-12;1-10(11-2-6-13(15)7-3-11)12-4-8-14(16)9-5-12;15-13-7-3-11(4-8-13)1-2-12-5-9-14(16)10-6-12/h2-14,21-22H,1H3;3-10,16-17H,1-2H3;2-10,15-16H,1H3;3-10,15-16H,1-2H2. The Morgan fingerprint density at radius 3 is 0.789 bits per heavy atom. The first-order valence-electron chi connectivity index (χ1n) is 23.4. The summed E-state index contributed by atoms with van der Waals surface area (Å²) in [6.07, 6.45) is 1.87. The Balaban J connectivity index is 0.000000156. The van der Waals surface area contributed by atoms with Crippen molar-refractivity contribution in [1.29, 1.82) is 0 Å². The van der Waals surface area contributed by atoms with Gasteiger partial charge in [-0.3, -0.25) is 0 Å². The molecule has 9 aromatic carbocycles. The van der Waals surface area contributed by atoms with Gasteiger partial charge in [-0.25, -0.2) is 0 Å². The first kappa shape index (κ1) is 51.8. The summed E-state index contributed by atoms with van der Waals surface area (Å²) in [6, 6.07) is 68.2. The van der Waals surface area contributed by atoms with Crippen LogP contribution in [0.25, 0.3) is 0 Å². The number of hydrogen-bond donors (Lipinski definition) is 8. The second kappa shape index (κ2) is 24.1. The molecule has 0 saturated heterocycles. The number of aromatic hydroxyl groups is 8. The average molecular weight is 947 g/mol. The molecule has 0 atom stereocenters. The zero-order valence-corrected chi connectivity index (χ0v) is 40.4. The van der Waals surface area contributed by atoms with Crippen LogP contribution < -0.4 is 0 Å². The van der Waals surface area contributed by atoms with Gasteiger partial charge in [0.2, 0.25) is 0 Å². The van der Waals surface area contributed by atoms with Crippen molar-refractivity contribution in [2.75, 3.05) is 0 Å². The fraction of sp³-hybridized carbons (Fsp3) is 0.143. The Bertz CT molecular complexity index is 2790. The minimum atomic E-state index is -0.358. The lowest BCUT2D eigenvalue weighted by Gasteiger charge is -2.32. The molecule has 0 unspecified atom stereocenters. The Hall–Kier alpha value is -8.62. The van der Waals surface area contributed by atoms with E-state index in [9.17, 15) is 30.6 Å². The highest BCUT2D eigenvalue weighted by Gasteiger charge is 2.31. The van der Waals surface area contributed by atoms with Crippen molar-refractivity contribution in [2.45, 2.75) is 57.3 Å². The van der Waals surface area contributed by atoms with E-state index in [1.807, 2.05) is 115 Å². The van der Waals surface area contributed by atoms with Gasteiger partial charge >= 0.3 is 0 Å². The van der Waals surface area contributed by atoms with E-state index < -0.39 is 0 Å². The third-order valence-corrected chi connectivity index (χ3v) is 12.8. The van der Waals surface area contributed by atoms with Gasteiger partial charge in [0.1, 0.15) is 46.0 Å². The lowest BCUT2D eigenvalue weighted by molar-refractivity contribution is 0.473. The summed E-state index contributed by atoms with van der Waals surface area (Å²) in [4.78, 5) is 0. The van der Waals surface area contributed by atoms with E-state index in [4.69, 9.17) is 10.2 Å². The molecule has 0 bridgehead atoms. The number of hydrogen-bond acceptors (Lipinski definition) is 8. The Kier molecular flexibility index (Phi) is 17.6. The summed E-state index contributed by atoms with van der Waals surface area (Å²) >= 11 is 0. The van der Waals surface area contributed by atoms with E-state index >= 15 is 0 Å². The Labute approximate surface area is 417 Å². The molecule has 0 aliphatic rings. The van der Waals surface area contributed by atoms with Crippen LogP contribution in [0.2, 0.25) is 0 Å². The molecular formula is C63H62O8. The highest BCUT2D eigenvalue weighted by Crippen LogP contribution is 2.40. The number of aryl methyl sites for hydroxylation is 2. The van der Waals surface area contributed by atoms with Gasteiger partial charge < -0.3 is 40.9 Å². The number of benzene rings is 9. The van der Waals surface area contributed by atoms with Crippen molar-refractivity contribution in [2.24, 2.45) is 0 Å². The molecule has 0 amide bonds. The predicted octanol–water partition coefficient (Wildman–Crippen LogP) is 14.0. The van der Waals surface area contributed by atoms with E-state index in [-0.39, 0.29) is 51.2 Å². The monoisotopic (exact) mass is 946 g/mol. The van der Waals surface area contributed by atoms with Gasteiger partial charge in [-0.15, -0.1) is 0 Å². The molecule has 0 radical (unpaired) electrons. The van der Waals surface area contributed by atoms with Crippen LogP contribution in [-0.4, -0.2) is 40.9 Å². The maximum atomic E-state index is 9.57. The molecule has 71 heavy (non-hydrogen) atoms. The second-order valence-corrected chi connectivity index (χ2v) is 18.0. The number of phenolic OH excluding ortho intramolecular Hbond substituents is 8. The fourth-order valence-electron chi connectivity index (χ4n) is 8.12. The van der Waals surface area contributed by atoms with Crippen molar-refractivity contribution in [3.05, 3.63) is 275 Å². The maximum absolute atomic E-state index is 9.57. The normalized spacial score (nSPS) is 10.9. The van der Waals surface area contributed by atoms with Crippen LogP contribution in [0.1, 0.15) is 83.7 Å². The average Bonchev–Trinajstić information content (AvgIpc) is 3.38. The first-order valence-corrected chi connectivity index (χ1v) is 23.4. The Morgan fingerprint density at radius 2 is 0.507 bits per heavy atom. The number of phenols is 8. The highest BCUT2D eigenvalue weighted by atomic mass is 16.3. The fourth-order valence-corrected chi connectivity index (χ4v) is 8.12. The van der Waals surface area contributed by atoms with Crippen LogP contribution in [0.15, 0.2) is 224 Å². The number of rotatable bonds is 10. The smallest absolute Gasteiger partial charge is 0.115 e. The van der Waals surface area contributed by atoms with E-state index in [2.05, 4.69) is 39.8 Å². The van der Waals surface area contributed by atoms with Gasteiger partial charge in [-0.2, -0.15) is 0 Å². The van der Waals surface area contributed by atoms with E-state index in [0.29, 0.717) is 11.5 Å². The van der Waals surface area contributed by atoms with E-state index in [1.165, 1.54) is 11.1 Å². The summed E-state index contributed by atoms with van der Waals surface area (Å²) in [5.41, 5.74) is 9.76. The highest BCUT2D eigenvalue weighted by molar-refractivity contribution is 5.51. The van der Waals surface area contributed by atoms with Crippen LogP contribution in [-0.2, 0) is 23.7 Å². The first-order chi connectivity index (χ1) is 34.0. The van der Waals surface area contributed by atoms with Crippen molar-refractivity contribution in [3.8, 4) is 46.0 Å². The predicted molar refractivity (Wildman–Crippen MR) is 284 cm³/mol.